The van der Waals surface area contributed by atoms with E-state index in [1.807, 2.05) is 35.2 Å². The fourth-order valence-corrected chi connectivity index (χ4v) is 3.59. The molecule has 128 valence electrons. The first-order valence-electron chi connectivity index (χ1n) is 8.50. The molecular formula is C20H20N2O3. The molecular weight excluding hydrogens is 316 g/mol. The lowest BCUT2D eigenvalue weighted by atomic mass is 10.0. The summed E-state index contributed by atoms with van der Waals surface area (Å²) in [5.74, 6) is 0.884. The summed E-state index contributed by atoms with van der Waals surface area (Å²) in [4.78, 5) is 19.0. The molecule has 5 heteroatoms. The molecule has 1 aliphatic heterocycles. The summed E-state index contributed by atoms with van der Waals surface area (Å²) in [5, 5.41) is 0.966. The lowest BCUT2D eigenvalue weighted by molar-refractivity contribution is -0.131. The predicted octanol–water partition coefficient (Wildman–Crippen LogP) is 3.74. The van der Waals surface area contributed by atoms with Gasteiger partial charge >= 0.3 is 0 Å². The summed E-state index contributed by atoms with van der Waals surface area (Å²) in [5.41, 5.74) is 2.82. The van der Waals surface area contributed by atoms with Gasteiger partial charge in [0.05, 0.1) is 25.8 Å². The van der Waals surface area contributed by atoms with Crippen molar-refractivity contribution in [3.8, 4) is 5.75 Å². The summed E-state index contributed by atoms with van der Waals surface area (Å²) in [6, 6.07) is 9.82. The first kappa shape index (κ1) is 15.7. The van der Waals surface area contributed by atoms with Crippen LogP contribution >= 0.6 is 0 Å². The molecule has 1 amide bonds. The van der Waals surface area contributed by atoms with E-state index in [1.165, 1.54) is 0 Å². The fraction of sp³-hybridized carbons (Fsp3) is 0.300. The molecule has 0 bridgehead atoms. The van der Waals surface area contributed by atoms with Crippen LogP contribution < -0.4 is 4.74 Å². The van der Waals surface area contributed by atoms with Crippen molar-refractivity contribution >= 4 is 16.9 Å². The molecule has 1 saturated heterocycles. The Morgan fingerprint density at radius 2 is 2.16 bits per heavy atom. The average molecular weight is 336 g/mol. The quantitative estimate of drug-likeness (QED) is 0.728. The minimum Gasteiger partial charge on any atom is -0.497 e. The first-order chi connectivity index (χ1) is 12.3. The minimum absolute atomic E-state index is 0.137. The number of carbonyl (C=O) groups is 1. The third-order valence-electron chi connectivity index (χ3n) is 4.87. The van der Waals surface area contributed by atoms with E-state index in [-0.39, 0.29) is 11.9 Å². The average Bonchev–Trinajstić information content (AvgIpc) is 3.29. The van der Waals surface area contributed by atoms with Gasteiger partial charge in [0.25, 0.3) is 0 Å². The van der Waals surface area contributed by atoms with Gasteiger partial charge in [-0.3, -0.25) is 9.78 Å². The van der Waals surface area contributed by atoms with Gasteiger partial charge in [-0.1, -0.05) is 0 Å². The summed E-state index contributed by atoms with van der Waals surface area (Å²) in [6.07, 6.45) is 7.63. The van der Waals surface area contributed by atoms with Gasteiger partial charge in [0.1, 0.15) is 11.3 Å². The predicted molar refractivity (Wildman–Crippen MR) is 94.4 cm³/mol. The van der Waals surface area contributed by atoms with Gasteiger partial charge < -0.3 is 14.1 Å². The van der Waals surface area contributed by atoms with Crippen LogP contribution in [0.15, 0.2) is 53.4 Å². The number of benzene rings is 1. The lowest BCUT2D eigenvalue weighted by Crippen LogP contribution is -2.31. The number of pyridine rings is 1. The van der Waals surface area contributed by atoms with Crippen molar-refractivity contribution in [1.29, 1.82) is 0 Å². The van der Waals surface area contributed by atoms with Crippen LogP contribution in [0.25, 0.3) is 11.0 Å². The highest BCUT2D eigenvalue weighted by atomic mass is 16.5. The van der Waals surface area contributed by atoms with E-state index < -0.39 is 0 Å². The SMILES string of the molecule is COc1ccc2c(CC(=O)N3CCCC3c3ccncc3)coc2c1. The molecule has 1 fully saturated rings. The molecule has 0 saturated carbocycles. The monoisotopic (exact) mass is 336 g/mol. The molecule has 3 heterocycles. The molecule has 4 rings (SSSR count). The number of hydrogen-bond acceptors (Lipinski definition) is 4. The van der Waals surface area contributed by atoms with Gasteiger partial charge in [0.15, 0.2) is 0 Å². The highest BCUT2D eigenvalue weighted by Gasteiger charge is 2.30. The molecule has 1 unspecified atom stereocenters. The summed E-state index contributed by atoms with van der Waals surface area (Å²) in [6.45, 7) is 0.801. The molecule has 0 aliphatic carbocycles. The van der Waals surface area contributed by atoms with E-state index in [0.717, 1.165) is 47.2 Å². The van der Waals surface area contributed by atoms with Crippen molar-refractivity contribution in [3.63, 3.8) is 0 Å². The van der Waals surface area contributed by atoms with Crippen LogP contribution in [0.2, 0.25) is 0 Å². The van der Waals surface area contributed by atoms with Gasteiger partial charge in [0.2, 0.25) is 5.91 Å². The van der Waals surface area contributed by atoms with Crippen molar-refractivity contribution in [2.24, 2.45) is 0 Å². The highest BCUT2D eigenvalue weighted by molar-refractivity contribution is 5.88. The second-order valence-electron chi connectivity index (χ2n) is 6.33. The van der Waals surface area contributed by atoms with E-state index in [9.17, 15) is 4.79 Å². The summed E-state index contributed by atoms with van der Waals surface area (Å²) < 4.78 is 10.8. The Balaban J connectivity index is 1.55. The number of hydrogen-bond donors (Lipinski definition) is 0. The highest BCUT2D eigenvalue weighted by Crippen LogP contribution is 2.33. The zero-order valence-electron chi connectivity index (χ0n) is 14.1. The van der Waals surface area contributed by atoms with Gasteiger partial charge in [-0.15, -0.1) is 0 Å². The Bertz CT molecular complexity index is 888. The maximum Gasteiger partial charge on any atom is 0.227 e. The molecule has 25 heavy (non-hydrogen) atoms. The van der Waals surface area contributed by atoms with Crippen molar-refractivity contribution in [2.45, 2.75) is 25.3 Å². The molecule has 0 spiro atoms. The number of furan rings is 1. The molecule has 3 aromatic rings. The molecule has 5 nitrogen and oxygen atoms in total. The number of aromatic nitrogens is 1. The number of rotatable bonds is 4. The van der Waals surface area contributed by atoms with Gasteiger partial charge in [-0.25, -0.2) is 0 Å². The van der Waals surface area contributed by atoms with Crippen molar-refractivity contribution in [2.75, 3.05) is 13.7 Å². The molecule has 0 radical (unpaired) electrons. The Hall–Kier alpha value is -2.82. The maximum absolute atomic E-state index is 12.9. The topological polar surface area (TPSA) is 55.6 Å². The van der Waals surface area contributed by atoms with Crippen molar-refractivity contribution in [3.05, 3.63) is 60.1 Å². The van der Waals surface area contributed by atoms with Crippen LogP contribution in [0.4, 0.5) is 0 Å². The number of amides is 1. The third kappa shape index (κ3) is 2.97. The number of nitrogens with zero attached hydrogens (tertiary/aromatic N) is 2. The van der Waals surface area contributed by atoms with Gasteiger partial charge in [-0.05, 0) is 42.7 Å². The Labute approximate surface area is 146 Å². The van der Waals surface area contributed by atoms with E-state index in [2.05, 4.69) is 4.98 Å². The zero-order chi connectivity index (χ0) is 17.2. The van der Waals surface area contributed by atoms with Crippen LogP contribution in [0, 0.1) is 0 Å². The van der Waals surface area contributed by atoms with Crippen LogP contribution in [-0.2, 0) is 11.2 Å². The first-order valence-corrected chi connectivity index (χ1v) is 8.50. The van der Waals surface area contributed by atoms with Crippen LogP contribution in [0.3, 0.4) is 0 Å². The fourth-order valence-electron chi connectivity index (χ4n) is 3.59. The van der Waals surface area contributed by atoms with Crippen molar-refractivity contribution < 1.29 is 13.9 Å². The van der Waals surface area contributed by atoms with E-state index in [0.29, 0.717) is 6.42 Å². The molecule has 1 aromatic carbocycles. The number of methoxy groups -OCH3 is 1. The Kier molecular flexibility index (Phi) is 4.14. The number of fused-ring (bicyclic) bond motifs is 1. The Morgan fingerprint density at radius 1 is 1.32 bits per heavy atom. The lowest BCUT2D eigenvalue weighted by Gasteiger charge is -2.25. The Morgan fingerprint density at radius 3 is 2.96 bits per heavy atom. The van der Waals surface area contributed by atoms with Crippen LogP contribution in [-0.4, -0.2) is 29.4 Å². The van der Waals surface area contributed by atoms with Crippen LogP contribution in [0.5, 0.6) is 5.75 Å². The van der Waals surface area contributed by atoms with E-state index in [1.54, 1.807) is 25.8 Å². The van der Waals surface area contributed by atoms with Crippen molar-refractivity contribution in [1.82, 2.24) is 9.88 Å². The summed E-state index contributed by atoms with van der Waals surface area (Å²) >= 11 is 0. The van der Waals surface area contributed by atoms with E-state index >= 15 is 0 Å². The molecule has 2 aromatic heterocycles. The largest absolute Gasteiger partial charge is 0.497 e. The number of carbonyl (C=O) groups excluding carboxylic acids is 1. The normalized spacial score (nSPS) is 17.2. The van der Waals surface area contributed by atoms with E-state index in [4.69, 9.17) is 9.15 Å². The number of ether oxygens (including phenoxy) is 1. The standard InChI is InChI=1S/C20H20N2O3/c1-24-16-4-5-17-15(13-25-19(17)12-16)11-20(23)22-10-2-3-18(22)14-6-8-21-9-7-14/h4-9,12-13,18H,2-3,10-11H2,1H3. The number of likely N-dealkylation sites (tertiary alicyclic amines) is 1. The smallest absolute Gasteiger partial charge is 0.227 e. The zero-order valence-corrected chi connectivity index (χ0v) is 14.1. The second kappa shape index (κ2) is 6.59. The van der Waals surface area contributed by atoms with Gasteiger partial charge in [-0.2, -0.15) is 0 Å². The van der Waals surface area contributed by atoms with Gasteiger partial charge in [0, 0.05) is 36.0 Å². The van der Waals surface area contributed by atoms with Crippen LogP contribution in [0.1, 0.15) is 30.0 Å². The summed E-state index contributed by atoms with van der Waals surface area (Å²) in [7, 11) is 1.63. The third-order valence-corrected chi connectivity index (χ3v) is 4.87. The second-order valence-corrected chi connectivity index (χ2v) is 6.33. The molecule has 1 aliphatic rings. The molecule has 1 atom stereocenters. The minimum atomic E-state index is 0.137. The maximum atomic E-state index is 12.9. The molecule has 0 N–H and O–H groups in total.